The zero-order valence-electron chi connectivity index (χ0n) is 18.4. The molecule has 2 aliphatic rings. The number of hydrogen-bond donors (Lipinski definition) is 0. The van der Waals surface area contributed by atoms with Gasteiger partial charge in [-0.15, -0.1) is 0 Å². The lowest BCUT2D eigenvalue weighted by Gasteiger charge is -2.34. The Bertz CT molecular complexity index is 1360. The second-order valence-electron chi connectivity index (χ2n) is 8.67. The molecule has 1 saturated heterocycles. The van der Waals surface area contributed by atoms with Crippen LogP contribution >= 0.6 is 11.6 Å². The van der Waals surface area contributed by atoms with E-state index in [2.05, 4.69) is 38.1 Å². The summed E-state index contributed by atoms with van der Waals surface area (Å²) >= 11 is 6.67. The maximum atomic E-state index is 12.5. The van der Waals surface area contributed by atoms with Crippen LogP contribution < -0.4 is 21.2 Å². The molecular weight excluding hydrogens is 422 g/mol. The monoisotopic (exact) mass is 447 g/mol. The molecule has 7 heteroatoms. The molecule has 1 fully saturated rings. The number of fused-ring (bicyclic) bond motifs is 1. The van der Waals surface area contributed by atoms with Crippen LogP contribution in [0.2, 0.25) is 5.02 Å². The lowest BCUT2D eigenvalue weighted by atomic mass is 9.90. The number of anilines is 1. The first-order valence-electron chi connectivity index (χ1n) is 11.1. The number of aryl methyl sites for hydroxylation is 2. The number of piperidine rings is 1. The van der Waals surface area contributed by atoms with Crippen molar-refractivity contribution < 1.29 is 0 Å². The first kappa shape index (κ1) is 20.9. The predicted octanol–water partition coefficient (Wildman–Crippen LogP) is 3.17. The van der Waals surface area contributed by atoms with Gasteiger partial charge in [0.2, 0.25) is 0 Å². The van der Waals surface area contributed by atoms with E-state index in [-0.39, 0.29) is 5.56 Å². The summed E-state index contributed by atoms with van der Waals surface area (Å²) in [6.07, 6.45) is 3.32. The van der Waals surface area contributed by atoms with E-state index in [1.807, 2.05) is 32.0 Å². The lowest BCUT2D eigenvalue weighted by molar-refractivity contribution is 0.403. The molecule has 0 unspecified atom stereocenters. The maximum absolute atomic E-state index is 12.5. The van der Waals surface area contributed by atoms with Gasteiger partial charge in [0.05, 0.1) is 27.1 Å². The second kappa shape index (κ2) is 8.51. The van der Waals surface area contributed by atoms with Crippen molar-refractivity contribution in [3.05, 3.63) is 85.6 Å². The van der Waals surface area contributed by atoms with Crippen molar-refractivity contribution in [2.75, 3.05) is 24.7 Å². The fourth-order valence-electron chi connectivity index (χ4n) is 4.80. The predicted molar refractivity (Wildman–Crippen MR) is 127 cm³/mol. The summed E-state index contributed by atoms with van der Waals surface area (Å²) in [5.41, 5.74) is 3.75. The summed E-state index contributed by atoms with van der Waals surface area (Å²) in [5.74, 6) is 1.31. The molecule has 2 aliphatic heterocycles. The molecule has 1 aromatic heterocycles. The number of benzene rings is 2. The zero-order valence-corrected chi connectivity index (χ0v) is 19.1. The summed E-state index contributed by atoms with van der Waals surface area (Å²) in [6.45, 7) is 6.17. The van der Waals surface area contributed by atoms with Crippen molar-refractivity contribution >= 4 is 17.3 Å². The van der Waals surface area contributed by atoms with Gasteiger partial charge in [-0.3, -0.25) is 19.3 Å². The van der Waals surface area contributed by atoms with E-state index in [1.54, 1.807) is 10.6 Å². The van der Waals surface area contributed by atoms with E-state index in [9.17, 15) is 4.79 Å². The second-order valence-corrected chi connectivity index (χ2v) is 9.08. The van der Waals surface area contributed by atoms with Crippen LogP contribution in [0.5, 0.6) is 0 Å². The smallest absolute Gasteiger partial charge is 0.258 e. The minimum atomic E-state index is -0.0901. The van der Waals surface area contributed by atoms with Gasteiger partial charge in [-0.05, 0) is 74.9 Å². The molecule has 3 heterocycles. The molecule has 6 nitrogen and oxygen atoms in total. The standard InChI is InChI=1S/C25H26ClN5O/c1-16-11-25(32)31(17(2)29-16)20-4-6-24(21(26)14-20)30-9-7-18(8-10-30)12-19-3-5-22-23(13-19)28-15-27-22/h3-6,11,13-14,18H,7-10,12,15H2,1-2H3. The Morgan fingerprint density at radius 3 is 2.53 bits per heavy atom. The molecule has 0 spiro atoms. The van der Waals surface area contributed by atoms with Crippen molar-refractivity contribution in [2.45, 2.75) is 33.1 Å². The third-order valence-corrected chi connectivity index (χ3v) is 6.71. The van der Waals surface area contributed by atoms with Crippen LogP contribution in [-0.2, 0) is 6.42 Å². The minimum absolute atomic E-state index is 0.0901. The van der Waals surface area contributed by atoms with Crippen molar-refractivity contribution in [1.29, 1.82) is 0 Å². The molecule has 0 saturated carbocycles. The Balaban J connectivity index is 1.28. The fraction of sp³-hybridized carbons (Fsp3) is 0.360. The van der Waals surface area contributed by atoms with Crippen molar-refractivity contribution in [3.8, 4) is 5.69 Å². The highest BCUT2D eigenvalue weighted by atomic mass is 35.5. The Morgan fingerprint density at radius 2 is 1.78 bits per heavy atom. The van der Waals surface area contributed by atoms with E-state index >= 15 is 0 Å². The van der Waals surface area contributed by atoms with E-state index < -0.39 is 0 Å². The topological polar surface area (TPSA) is 62.9 Å². The van der Waals surface area contributed by atoms with Crippen LogP contribution in [0.25, 0.3) is 5.69 Å². The molecule has 164 valence electrons. The first-order valence-corrected chi connectivity index (χ1v) is 11.5. The van der Waals surface area contributed by atoms with Crippen LogP contribution in [0.1, 0.15) is 29.9 Å². The van der Waals surface area contributed by atoms with Gasteiger partial charge in [-0.1, -0.05) is 17.7 Å². The minimum Gasteiger partial charge on any atom is -0.370 e. The summed E-state index contributed by atoms with van der Waals surface area (Å²) in [5, 5.41) is 2.71. The van der Waals surface area contributed by atoms with Gasteiger partial charge in [0.15, 0.2) is 0 Å². The van der Waals surface area contributed by atoms with Gasteiger partial charge >= 0.3 is 0 Å². The van der Waals surface area contributed by atoms with Gasteiger partial charge < -0.3 is 4.90 Å². The van der Waals surface area contributed by atoms with Crippen LogP contribution in [-0.4, -0.2) is 29.3 Å². The van der Waals surface area contributed by atoms with Gasteiger partial charge in [0.1, 0.15) is 12.5 Å². The Morgan fingerprint density at radius 1 is 1.00 bits per heavy atom. The van der Waals surface area contributed by atoms with Gasteiger partial charge in [0.25, 0.3) is 5.56 Å². The molecule has 5 rings (SSSR count). The van der Waals surface area contributed by atoms with E-state index in [0.717, 1.165) is 60.1 Å². The largest absolute Gasteiger partial charge is 0.370 e. The van der Waals surface area contributed by atoms with E-state index in [4.69, 9.17) is 11.6 Å². The average Bonchev–Trinajstić information content (AvgIpc) is 3.22. The molecule has 0 amide bonds. The van der Waals surface area contributed by atoms with Gasteiger partial charge in [0, 0.05) is 24.8 Å². The molecule has 0 aliphatic carbocycles. The average molecular weight is 448 g/mol. The van der Waals surface area contributed by atoms with Crippen LogP contribution in [0.15, 0.2) is 57.2 Å². The van der Waals surface area contributed by atoms with Crippen molar-refractivity contribution in [1.82, 2.24) is 9.55 Å². The van der Waals surface area contributed by atoms with Crippen LogP contribution in [0, 0.1) is 19.8 Å². The lowest BCUT2D eigenvalue weighted by Crippen LogP contribution is -2.34. The molecule has 0 atom stereocenters. The Kier molecular flexibility index (Phi) is 5.55. The molecular formula is C25H26ClN5O. The molecule has 2 aromatic carbocycles. The highest BCUT2D eigenvalue weighted by Crippen LogP contribution is 2.32. The number of halogens is 1. The summed E-state index contributed by atoms with van der Waals surface area (Å²) in [6, 6.07) is 13.9. The van der Waals surface area contributed by atoms with Gasteiger partial charge in [-0.2, -0.15) is 0 Å². The fourth-order valence-corrected chi connectivity index (χ4v) is 5.10. The number of hydrogen-bond acceptors (Lipinski definition) is 5. The number of aromatic nitrogens is 2. The SMILES string of the molecule is Cc1cc(=O)n(-c2ccc(N3CCC(Cc4ccc5c(c4)=NCN=5)CC3)c(Cl)c2)c(C)n1. The van der Waals surface area contributed by atoms with Crippen LogP contribution in [0.4, 0.5) is 5.69 Å². The molecule has 0 radical (unpaired) electrons. The Labute approximate surface area is 191 Å². The Hall–Kier alpha value is -2.99. The first-order chi connectivity index (χ1) is 15.5. The molecule has 0 N–H and O–H groups in total. The number of rotatable bonds is 4. The summed E-state index contributed by atoms with van der Waals surface area (Å²) < 4.78 is 1.60. The highest BCUT2D eigenvalue weighted by Gasteiger charge is 2.22. The summed E-state index contributed by atoms with van der Waals surface area (Å²) in [4.78, 5) is 28.0. The zero-order chi connectivity index (χ0) is 22.2. The molecule has 32 heavy (non-hydrogen) atoms. The maximum Gasteiger partial charge on any atom is 0.258 e. The van der Waals surface area contributed by atoms with Gasteiger partial charge in [-0.25, -0.2) is 4.98 Å². The molecule has 3 aromatic rings. The number of nitrogens with zero attached hydrogens (tertiary/aromatic N) is 5. The molecule has 0 bridgehead atoms. The quantitative estimate of drug-likeness (QED) is 0.617. The third kappa shape index (κ3) is 4.07. The van der Waals surface area contributed by atoms with Crippen LogP contribution in [0.3, 0.4) is 0 Å². The van der Waals surface area contributed by atoms with Crippen molar-refractivity contribution in [3.63, 3.8) is 0 Å². The third-order valence-electron chi connectivity index (χ3n) is 6.41. The highest BCUT2D eigenvalue weighted by molar-refractivity contribution is 6.33. The van der Waals surface area contributed by atoms with E-state index in [1.165, 1.54) is 5.56 Å². The summed E-state index contributed by atoms with van der Waals surface area (Å²) in [7, 11) is 0. The normalized spacial score (nSPS) is 15.9. The van der Waals surface area contributed by atoms with Crippen molar-refractivity contribution in [2.24, 2.45) is 15.9 Å². The van der Waals surface area contributed by atoms with E-state index in [0.29, 0.717) is 23.4 Å².